The average molecular weight is 351 g/mol. The summed E-state index contributed by atoms with van der Waals surface area (Å²) in [4.78, 5) is 23.0. The van der Waals surface area contributed by atoms with Crippen LogP contribution in [0, 0.1) is 13.8 Å². The lowest BCUT2D eigenvalue weighted by molar-refractivity contribution is 0.637. The summed E-state index contributed by atoms with van der Waals surface area (Å²) in [5.74, 6) is 2.98. The largest absolute Gasteiger partial charge is 0.353 e. The smallest absolute Gasteiger partial charge is 0.145 e. The molecular weight excluding hydrogens is 326 g/mol. The van der Waals surface area contributed by atoms with Crippen molar-refractivity contribution in [3.05, 3.63) is 35.7 Å². The third kappa shape index (κ3) is 2.77. The van der Waals surface area contributed by atoms with E-state index in [2.05, 4.69) is 44.7 Å². The summed E-state index contributed by atoms with van der Waals surface area (Å²) in [7, 11) is 2.02. The number of fused-ring (bicyclic) bond motifs is 1. The van der Waals surface area contributed by atoms with E-state index in [-0.39, 0.29) is 0 Å². The Morgan fingerprint density at radius 3 is 2.35 bits per heavy atom. The van der Waals surface area contributed by atoms with E-state index < -0.39 is 0 Å². The Morgan fingerprint density at radius 2 is 1.65 bits per heavy atom. The second-order valence-corrected chi connectivity index (χ2v) is 6.85. The van der Waals surface area contributed by atoms with E-state index in [4.69, 9.17) is 4.98 Å². The maximum absolute atomic E-state index is 4.75. The summed E-state index contributed by atoms with van der Waals surface area (Å²) in [6, 6.07) is 2.10. The van der Waals surface area contributed by atoms with Crippen molar-refractivity contribution < 1.29 is 0 Å². The highest BCUT2D eigenvalue weighted by molar-refractivity contribution is 5.87. The maximum atomic E-state index is 4.75. The minimum atomic E-state index is 0.846. The molecule has 0 unspecified atom stereocenters. The van der Waals surface area contributed by atoms with Crippen LogP contribution in [0.4, 0.5) is 11.6 Å². The van der Waals surface area contributed by atoms with Gasteiger partial charge in [0.2, 0.25) is 0 Å². The molecule has 0 amide bonds. The fourth-order valence-electron chi connectivity index (χ4n) is 3.84. The zero-order valence-corrected chi connectivity index (χ0v) is 15.9. The Bertz CT molecular complexity index is 938. The van der Waals surface area contributed by atoms with E-state index in [1.54, 1.807) is 6.33 Å². The molecule has 26 heavy (non-hydrogen) atoms. The number of aromatic nitrogens is 5. The second kappa shape index (κ2) is 6.55. The number of rotatable bonds is 3. The Morgan fingerprint density at radius 1 is 0.962 bits per heavy atom. The molecule has 0 radical (unpaired) electrons. The van der Waals surface area contributed by atoms with Gasteiger partial charge < -0.3 is 14.4 Å². The zero-order chi connectivity index (χ0) is 18.3. The van der Waals surface area contributed by atoms with Gasteiger partial charge >= 0.3 is 0 Å². The third-order valence-corrected chi connectivity index (χ3v) is 5.18. The van der Waals surface area contributed by atoms with Gasteiger partial charge in [0.25, 0.3) is 0 Å². The molecule has 1 saturated heterocycles. The van der Waals surface area contributed by atoms with Gasteiger partial charge in [0, 0.05) is 50.7 Å². The fraction of sp³-hybridized carbons (Fsp3) is 0.474. The molecular formula is C19H25N7. The molecule has 1 aliphatic rings. The quantitative estimate of drug-likeness (QED) is 0.721. The first-order chi connectivity index (χ1) is 12.6. The number of piperazine rings is 1. The van der Waals surface area contributed by atoms with Gasteiger partial charge in [-0.1, -0.05) is 6.92 Å². The highest BCUT2D eigenvalue weighted by Crippen LogP contribution is 2.27. The molecule has 0 aliphatic carbocycles. The van der Waals surface area contributed by atoms with Crippen LogP contribution in [-0.2, 0) is 13.5 Å². The van der Waals surface area contributed by atoms with E-state index in [1.807, 2.05) is 24.7 Å². The first kappa shape index (κ1) is 16.8. The predicted molar refractivity (Wildman–Crippen MR) is 104 cm³/mol. The van der Waals surface area contributed by atoms with E-state index >= 15 is 0 Å². The summed E-state index contributed by atoms with van der Waals surface area (Å²) >= 11 is 0. The Labute approximate surface area is 153 Å². The molecule has 136 valence electrons. The summed E-state index contributed by atoms with van der Waals surface area (Å²) in [5, 5.41) is 1.12. The van der Waals surface area contributed by atoms with Crippen molar-refractivity contribution in [3.8, 4) is 0 Å². The van der Waals surface area contributed by atoms with Gasteiger partial charge in [-0.2, -0.15) is 0 Å². The van der Waals surface area contributed by atoms with Gasteiger partial charge in [0.05, 0.1) is 5.39 Å². The molecule has 4 rings (SSSR count). The van der Waals surface area contributed by atoms with Gasteiger partial charge in [-0.05, 0) is 26.3 Å². The van der Waals surface area contributed by atoms with Crippen LogP contribution < -0.4 is 9.80 Å². The van der Waals surface area contributed by atoms with Crippen LogP contribution >= 0.6 is 0 Å². The van der Waals surface area contributed by atoms with Crippen LogP contribution in [0.25, 0.3) is 11.0 Å². The maximum Gasteiger partial charge on any atom is 0.145 e. The molecule has 7 nitrogen and oxygen atoms in total. The van der Waals surface area contributed by atoms with Gasteiger partial charge in [-0.15, -0.1) is 0 Å². The summed E-state index contributed by atoms with van der Waals surface area (Å²) in [6.45, 7) is 9.94. The minimum Gasteiger partial charge on any atom is -0.353 e. The first-order valence-corrected chi connectivity index (χ1v) is 9.18. The van der Waals surface area contributed by atoms with Gasteiger partial charge in [0.15, 0.2) is 0 Å². The first-order valence-electron chi connectivity index (χ1n) is 9.18. The van der Waals surface area contributed by atoms with Crippen LogP contribution in [0.15, 0.2) is 18.6 Å². The predicted octanol–water partition coefficient (Wildman–Crippen LogP) is 2.26. The van der Waals surface area contributed by atoms with Crippen molar-refractivity contribution in [3.63, 3.8) is 0 Å². The van der Waals surface area contributed by atoms with E-state index in [1.165, 1.54) is 5.56 Å². The van der Waals surface area contributed by atoms with Gasteiger partial charge in [-0.25, -0.2) is 19.9 Å². The van der Waals surface area contributed by atoms with E-state index in [0.29, 0.717) is 0 Å². The molecule has 0 atom stereocenters. The van der Waals surface area contributed by atoms with Crippen molar-refractivity contribution in [2.75, 3.05) is 36.0 Å². The van der Waals surface area contributed by atoms with Gasteiger partial charge in [0.1, 0.15) is 29.4 Å². The van der Waals surface area contributed by atoms with Crippen LogP contribution in [0.3, 0.4) is 0 Å². The molecule has 4 heterocycles. The van der Waals surface area contributed by atoms with Gasteiger partial charge in [-0.3, -0.25) is 0 Å². The Balaban J connectivity index is 1.58. The average Bonchev–Trinajstić information content (AvgIpc) is 3.03. The van der Waals surface area contributed by atoms with Crippen molar-refractivity contribution in [2.45, 2.75) is 27.2 Å². The molecule has 1 fully saturated rings. The van der Waals surface area contributed by atoms with Crippen molar-refractivity contribution in [1.29, 1.82) is 0 Å². The lowest BCUT2D eigenvalue weighted by Crippen LogP contribution is -2.47. The molecule has 7 heteroatoms. The number of nitrogens with zero attached hydrogens (tertiary/aromatic N) is 7. The fourth-order valence-corrected chi connectivity index (χ4v) is 3.84. The molecule has 0 N–H and O–H groups in total. The number of aryl methyl sites for hydroxylation is 3. The molecule has 0 aromatic carbocycles. The number of hydrogen-bond acceptors (Lipinski definition) is 6. The molecule has 1 aliphatic heterocycles. The minimum absolute atomic E-state index is 0.846. The summed E-state index contributed by atoms with van der Waals surface area (Å²) in [5.41, 5.74) is 3.34. The van der Waals surface area contributed by atoms with Crippen molar-refractivity contribution >= 4 is 22.7 Å². The summed E-state index contributed by atoms with van der Waals surface area (Å²) in [6.07, 6.45) is 4.66. The molecule has 0 spiro atoms. The van der Waals surface area contributed by atoms with Crippen LogP contribution in [0.1, 0.15) is 24.0 Å². The third-order valence-electron chi connectivity index (χ3n) is 5.18. The number of hydrogen-bond donors (Lipinski definition) is 0. The monoisotopic (exact) mass is 351 g/mol. The van der Waals surface area contributed by atoms with Crippen LogP contribution in [-0.4, -0.2) is 50.7 Å². The molecule has 3 aromatic rings. The second-order valence-electron chi connectivity index (χ2n) is 6.85. The lowest BCUT2D eigenvalue weighted by Gasteiger charge is -2.37. The molecule has 0 bridgehead atoms. The zero-order valence-electron chi connectivity index (χ0n) is 15.9. The molecule has 3 aromatic heterocycles. The van der Waals surface area contributed by atoms with Crippen LogP contribution in [0.5, 0.6) is 0 Å². The van der Waals surface area contributed by atoms with Crippen molar-refractivity contribution in [1.82, 2.24) is 24.5 Å². The Hall–Kier alpha value is -2.70. The topological polar surface area (TPSA) is 63.0 Å². The molecule has 0 saturated carbocycles. The SMILES string of the molecule is CCc1c(C)nc(C)nc1N1CCN(c2ncnc3c2ccn3C)CC1. The normalized spacial score (nSPS) is 15.1. The highest BCUT2D eigenvalue weighted by Gasteiger charge is 2.23. The van der Waals surface area contributed by atoms with E-state index in [0.717, 1.165) is 66.8 Å². The van der Waals surface area contributed by atoms with Crippen molar-refractivity contribution in [2.24, 2.45) is 7.05 Å². The Kier molecular flexibility index (Phi) is 4.22. The number of anilines is 2. The lowest BCUT2D eigenvalue weighted by atomic mass is 10.1. The van der Waals surface area contributed by atoms with E-state index in [9.17, 15) is 0 Å². The van der Waals surface area contributed by atoms with Crippen LogP contribution in [0.2, 0.25) is 0 Å². The highest BCUT2D eigenvalue weighted by atomic mass is 15.3. The standard InChI is InChI=1S/C19H25N7/c1-5-15-13(2)22-14(3)23-19(15)26-10-8-25(9-11-26)18-16-6-7-24(4)17(16)20-12-21-18/h6-7,12H,5,8-11H2,1-4H3. The summed E-state index contributed by atoms with van der Waals surface area (Å²) < 4.78 is 2.04.